The van der Waals surface area contributed by atoms with Gasteiger partial charge in [-0.1, -0.05) is 23.7 Å². The Kier molecular flexibility index (Phi) is 3.80. The average molecular weight is 328 g/mol. The highest BCUT2D eigenvalue weighted by Crippen LogP contribution is 2.33. The van der Waals surface area contributed by atoms with Crippen LogP contribution in [0.15, 0.2) is 42.6 Å². The Hall–Kier alpha value is -2.79. The van der Waals surface area contributed by atoms with Crippen LogP contribution >= 0.6 is 11.6 Å². The summed E-state index contributed by atoms with van der Waals surface area (Å²) in [4.78, 5) is 15.7. The molecule has 0 bridgehead atoms. The van der Waals surface area contributed by atoms with Crippen molar-refractivity contribution in [2.75, 3.05) is 5.32 Å². The van der Waals surface area contributed by atoms with Gasteiger partial charge >= 0.3 is 5.97 Å². The van der Waals surface area contributed by atoms with Gasteiger partial charge in [0.05, 0.1) is 11.2 Å². The van der Waals surface area contributed by atoms with Crippen LogP contribution in [-0.2, 0) is 0 Å². The van der Waals surface area contributed by atoms with Crippen LogP contribution in [0.25, 0.3) is 10.9 Å². The summed E-state index contributed by atoms with van der Waals surface area (Å²) in [6.07, 6.45) is 1.29. The number of pyridine rings is 1. The lowest BCUT2D eigenvalue weighted by Crippen LogP contribution is -2.05. The number of nitrogens with zero attached hydrogens (tertiary/aromatic N) is 1. The number of benzene rings is 2. The predicted molar refractivity (Wildman–Crippen MR) is 87.6 cm³/mol. The van der Waals surface area contributed by atoms with E-state index in [-0.39, 0.29) is 11.3 Å². The van der Waals surface area contributed by atoms with E-state index in [0.29, 0.717) is 27.3 Å². The average Bonchev–Trinajstić information content (AvgIpc) is 2.51. The number of anilines is 2. The molecule has 0 unspecified atom stereocenters. The number of rotatable bonds is 3. The molecule has 1 heterocycles. The van der Waals surface area contributed by atoms with Crippen molar-refractivity contribution in [2.24, 2.45) is 0 Å². The maximum absolute atomic E-state index is 11.5. The first-order valence-electron chi connectivity index (χ1n) is 6.82. The Morgan fingerprint density at radius 2 is 2.09 bits per heavy atom. The molecule has 23 heavy (non-hydrogen) atoms. The second-order valence-corrected chi connectivity index (χ2v) is 5.48. The molecule has 0 radical (unpaired) electrons. The van der Waals surface area contributed by atoms with E-state index in [1.54, 1.807) is 24.3 Å². The fourth-order valence-corrected chi connectivity index (χ4v) is 2.55. The third-order valence-electron chi connectivity index (χ3n) is 3.56. The Balaban J connectivity index is 2.25. The number of fused-ring (bicyclic) bond motifs is 1. The molecular formula is C17H12ClN2O3-. The maximum atomic E-state index is 11.5. The first-order valence-corrected chi connectivity index (χ1v) is 7.20. The minimum Gasteiger partial charge on any atom is -0.872 e. The number of hydrogen-bond acceptors (Lipinski definition) is 4. The van der Waals surface area contributed by atoms with Gasteiger partial charge in [0.2, 0.25) is 0 Å². The molecule has 116 valence electrons. The number of aryl methyl sites for hydroxylation is 1. The summed E-state index contributed by atoms with van der Waals surface area (Å²) >= 11 is 6.11. The van der Waals surface area contributed by atoms with E-state index < -0.39 is 5.97 Å². The topological polar surface area (TPSA) is 85.3 Å². The molecule has 6 heteroatoms. The normalized spacial score (nSPS) is 10.7. The summed E-state index contributed by atoms with van der Waals surface area (Å²) in [6, 6.07) is 9.55. The number of carbonyl (C=O) groups is 1. The highest BCUT2D eigenvalue weighted by atomic mass is 35.5. The van der Waals surface area contributed by atoms with Crippen molar-refractivity contribution in [2.45, 2.75) is 6.92 Å². The molecule has 0 saturated carbocycles. The molecule has 0 aliphatic rings. The van der Waals surface area contributed by atoms with E-state index in [9.17, 15) is 15.0 Å². The predicted octanol–water partition coefficient (Wildman–Crippen LogP) is 3.71. The van der Waals surface area contributed by atoms with E-state index in [1.165, 1.54) is 18.3 Å². The summed E-state index contributed by atoms with van der Waals surface area (Å²) < 4.78 is 0. The first kappa shape index (κ1) is 15.1. The van der Waals surface area contributed by atoms with Crippen LogP contribution < -0.4 is 10.4 Å². The molecule has 0 fully saturated rings. The van der Waals surface area contributed by atoms with Crippen LogP contribution in [-0.4, -0.2) is 16.1 Å². The summed E-state index contributed by atoms with van der Waals surface area (Å²) in [5, 5.41) is 25.1. The van der Waals surface area contributed by atoms with Crippen LogP contribution in [0.4, 0.5) is 11.4 Å². The van der Waals surface area contributed by atoms with E-state index in [0.717, 1.165) is 5.56 Å². The summed E-state index contributed by atoms with van der Waals surface area (Å²) in [7, 11) is 0. The second kappa shape index (κ2) is 5.78. The van der Waals surface area contributed by atoms with Gasteiger partial charge in [-0.25, -0.2) is 4.79 Å². The molecular weight excluding hydrogens is 316 g/mol. The van der Waals surface area contributed by atoms with Crippen LogP contribution in [0, 0.1) is 6.92 Å². The van der Waals surface area contributed by atoms with E-state index in [1.807, 2.05) is 6.92 Å². The highest BCUT2D eigenvalue weighted by Gasteiger charge is 2.16. The first-order chi connectivity index (χ1) is 11.0. The number of aromatic carboxylic acids is 1. The minimum absolute atomic E-state index is 0.0236. The van der Waals surface area contributed by atoms with Crippen molar-refractivity contribution in [1.29, 1.82) is 0 Å². The zero-order chi connectivity index (χ0) is 16.6. The molecule has 2 aromatic carbocycles. The molecule has 0 saturated heterocycles. The molecule has 1 aromatic heterocycles. The van der Waals surface area contributed by atoms with Crippen LogP contribution in [0.1, 0.15) is 15.9 Å². The fraction of sp³-hybridized carbons (Fsp3) is 0.0588. The Bertz CT molecular complexity index is 925. The third kappa shape index (κ3) is 2.78. The van der Waals surface area contributed by atoms with Crippen molar-refractivity contribution < 1.29 is 15.0 Å². The lowest BCUT2D eigenvalue weighted by Gasteiger charge is -2.15. The van der Waals surface area contributed by atoms with E-state index in [4.69, 9.17) is 11.6 Å². The monoisotopic (exact) mass is 327 g/mol. The number of aromatic nitrogens is 1. The number of carboxylic acid groups (broad SMARTS) is 1. The summed E-state index contributed by atoms with van der Waals surface area (Å²) in [6.45, 7) is 1.82. The minimum atomic E-state index is -1.10. The van der Waals surface area contributed by atoms with E-state index in [2.05, 4.69) is 10.3 Å². The number of carboxylic acids is 1. The van der Waals surface area contributed by atoms with Gasteiger partial charge in [0, 0.05) is 22.3 Å². The third-order valence-corrected chi connectivity index (χ3v) is 3.97. The van der Waals surface area contributed by atoms with E-state index >= 15 is 0 Å². The van der Waals surface area contributed by atoms with Crippen molar-refractivity contribution >= 4 is 39.8 Å². The summed E-state index contributed by atoms with van der Waals surface area (Å²) in [5.41, 5.74) is 2.30. The lowest BCUT2D eigenvalue weighted by atomic mass is 10.1. The van der Waals surface area contributed by atoms with Gasteiger partial charge in [-0.15, -0.1) is 5.75 Å². The Morgan fingerprint density at radius 3 is 2.78 bits per heavy atom. The van der Waals surface area contributed by atoms with Crippen molar-refractivity contribution in [1.82, 2.24) is 4.98 Å². The van der Waals surface area contributed by atoms with Crippen LogP contribution in [0.5, 0.6) is 5.75 Å². The molecule has 2 N–H and O–H groups in total. The van der Waals surface area contributed by atoms with Crippen molar-refractivity contribution in [3.8, 4) is 5.75 Å². The van der Waals surface area contributed by atoms with Crippen molar-refractivity contribution in [3.05, 3.63) is 58.7 Å². The fourth-order valence-electron chi connectivity index (χ4n) is 2.40. The lowest BCUT2D eigenvalue weighted by molar-refractivity contribution is -0.268. The molecule has 0 aliphatic carbocycles. The van der Waals surface area contributed by atoms with Gasteiger partial charge in [0.15, 0.2) is 0 Å². The van der Waals surface area contributed by atoms with Gasteiger partial charge in [-0.2, -0.15) is 0 Å². The SMILES string of the molecule is Cc1c(Cl)ccc2c(Nc3cccc([O-])c3)c(C(=O)O)cnc12. The zero-order valence-corrected chi connectivity index (χ0v) is 12.9. The highest BCUT2D eigenvalue weighted by molar-refractivity contribution is 6.32. The van der Waals surface area contributed by atoms with Gasteiger partial charge in [0.25, 0.3) is 0 Å². The van der Waals surface area contributed by atoms with Crippen molar-refractivity contribution in [3.63, 3.8) is 0 Å². The van der Waals surface area contributed by atoms with Gasteiger partial charge < -0.3 is 15.5 Å². The van der Waals surface area contributed by atoms with Crippen LogP contribution in [0.3, 0.4) is 0 Å². The molecule has 5 nitrogen and oxygen atoms in total. The molecule has 3 rings (SSSR count). The number of nitrogens with one attached hydrogen (secondary N) is 1. The largest absolute Gasteiger partial charge is 0.872 e. The Morgan fingerprint density at radius 1 is 1.30 bits per heavy atom. The molecule has 3 aromatic rings. The Labute approximate surface area is 137 Å². The molecule has 0 spiro atoms. The molecule has 0 amide bonds. The number of halogens is 1. The summed E-state index contributed by atoms with van der Waals surface area (Å²) in [5.74, 6) is -1.27. The molecule has 0 aliphatic heterocycles. The van der Waals surface area contributed by atoms with Crippen LogP contribution in [0.2, 0.25) is 5.02 Å². The zero-order valence-electron chi connectivity index (χ0n) is 12.1. The van der Waals surface area contributed by atoms with Gasteiger partial charge in [-0.05, 0) is 36.8 Å². The smallest absolute Gasteiger partial charge is 0.339 e. The standard InChI is InChI=1S/C17H13ClN2O3/c1-9-14(18)6-5-12-15(9)19-8-13(17(22)23)16(12)20-10-3-2-4-11(21)7-10/h2-8,21H,1H3,(H,19,20)(H,22,23)/p-1. The van der Waals surface area contributed by atoms with Gasteiger partial charge in [0.1, 0.15) is 5.56 Å². The van der Waals surface area contributed by atoms with Gasteiger partial charge in [-0.3, -0.25) is 4.98 Å². The second-order valence-electron chi connectivity index (χ2n) is 5.07. The number of hydrogen-bond donors (Lipinski definition) is 2. The quantitative estimate of drug-likeness (QED) is 0.766. The maximum Gasteiger partial charge on any atom is 0.339 e. The molecule has 0 atom stereocenters.